The van der Waals surface area contributed by atoms with Crippen molar-refractivity contribution in [1.29, 1.82) is 0 Å². The second-order valence-corrected chi connectivity index (χ2v) is 7.39. The lowest BCUT2D eigenvalue weighted by Crippen LogP contribution is -2.45. The van der Waals surface area contributed by atoms with Gasteiger partial charge in [0.2, 0.25) is 0 Å². The minimum absolute atomic E-state index is 0.636. The van der Waals surface area contributed by atoms with E-state index in [2.05, 4.69) is 64.1 Å². The van der Waals surface area contributed by atoms with Crippen LogP contribution in [-0.4, -0.2) is 45.9 Å². The Balaban J connectivity index is 1.51. The quantitative estimate of drug-likeness (QED) is 0.793. The average Bonchev–Trinajstić information content (AvgIpc) is 3.08. The molecule has 1 aromatic carbocycles. The van der Waals surface area contributed by atoms with Crippen LogP contribution in [0.2, 0.25) is 0 Å². The summed E-state index contributed by atoms with van der Waals surface area (Å²) < 4.78 is 0. The summed E-state index contributed by atoms with van der Waals surface area (Å²) in [6.45, 7) is 6.59. The van der Waals surface area contributed by atoms with Gasteiger partial charge in [-0.3, -0.25) is 9.80 Å². The Labute approximate surface area is 152 Å². The van der Waals surface area contributed by atoms with E-state index >= 15 is 0 Å². The highest BCUT2D eigenvalue weighted by atomic mass is 15.2. The summed E-state index contributed by atoms with van der Waals surface area (Å²) in [5, 5.41) is 0. The fourth-order valence-electron chi connectivity index (χ4n) is 3.73. The minimum Gasteiger partial charge on any atom is -0.345 e. The first-order valence-corrected chi connectivity index (χ1v) is 9.74. The molecular formula is C21H32N4. The van der Waals surface area contributed by atoms with Gasteiger partial charge in [-0.2, -0.15) is 0 Å². The van der Waals surface area contributed by atoms with Crippen LogP contribution in [0.4, 0.5) is 0 Å². The van der Waals surface area contributed by atoms with Gasteiger partial charge in [0.05, 0.1) is 0 Å². The van der Waals surface area contributed by atoms with Crippen LogP contribution in [0.5, 0.6) is 0 Å². The van der Waals surface area contributed by atoms with Gasteiger partial charge >= 0.3 is 0 Å². The number of hydrogen-bond acceptors (Lipinski definition) is 3. The van der Waals surface area contributed by atoms with Crippen molar-refractivity contribution in [2.75, 3.05) is 20.1 Å². The second-order valence-electron chi connectivity index (χ2n) is 7.39. The highest BCUT2D eigenvalue weighted by Gasteiger charge is 2.23. The molecule has 4 nitrogen and oxygen atoms in total. The molecule has 2 aromatic rings. The summed E-state index contributed by atoms with van der Waals surface area (Å²) >= 11 is 0. The summed E-state index contributed by atoms with van der Waals surface area (Å²) in [6.07, 6.45) is 8.10. The van der Waals surface area contributed by atoms with Crippen molar-refractivity contribution in [3.63, 3.8) is 0 Å². The van der Waals surface area contributed by atoms with Gasteiger partial charge in [0.15, 0.2) is 0 Å². The first-order valence-electron chi connectivity index (χ1n) is 9.74. The number of imidazole rings is 1. The monoisotopic (exact) mass is 340 g/mol. The maximum Gasteiger partial charge on any atom is 0.106 e. The van der Waals surface area contributed by atoms with Crippen LogP contribution in [0.15, 0.2) is 36.5 Å². The molecule has 1 N–H and O–H groups in total. The Morgan fingerprint density at radius 1 is 1.28 bits per heavy atom. The van der Waals surface area contributed by atoms with E-state index in [1.54, 1.807) is 0 Å². The van der Waals surface area contributed by atoms with Gasteiger partial charge < -0.3 is 4.98 Å². The van der Waals surface area contributed by atoms with E-state index in [1.807, 2.05) is 6.20 Å². The Morgan fingerprint density at radius 3 is 2.92 bits per heavy atom. The highest BCUT2D eigenvalue weighted by Crippen LogP contribution is 2.18. The number of hydrogen-bond donors (Lipinski definition) is 1. The number of unbranched alkanes of at least 4 members (excludes halogenated alkanes) is 1. The van der Waals surface area contributed by atoms with Gasteiger partial charge in [0, 0.05) is 44.0 Å². The van der Waals surface area contributed by atoms with E-state index < -0.39 is 0 Å². The van der Waals surface area contributed by atoms with Crippen molar-refractivity contribution in [2.24, 2.45) is 0 Å². The first-order chi connectivity index (χ1) is 12.2. The van der Waals surface area contributed by atoms with Crippen LogP contribution >= 0.6 is 0 Å². The van der Waals surface area contributed by atoms with Crippen LogP contribution in [0.1, 0.15) is 49.7 Å². The summed E-state index contributed by atoms with van der Waals surface area (Å²) in [5.74, 6) is 1.15. The van der Waals surface area contributed by atoms with Gasteiger partial charge in [-0.05, 0) is 38.4 Å². The number of aryl methyl sites for hydroxylation is 1. The first kappa shape index (κ1) is 18.2. The van der Waals surface area contributed by atoms with Crippen molar-refractivity contribution in [3.05, 3.63) is 53.6 Å². The van der Waals surface area contributed by atoms with Gasteiger partial charge in [-0.1, -0.05) is 43.7 Å². The highest BCUT2D eigenvalue weighted by molar-refractivity contribution is 5.14. The van der Waals surface area contributed by atoms with Crippen LogP contribution in [0, 0.1) is 0 Å². The zero-order chi connectivity index (χ0) is 17.5. The van der Waals surface area contributed by atoms with Crippen molar-refractivity contribution in [2.45, 2.75) is 58.2 Å². The van der Waals surface area contributed by atoms with Gasteiger partial charge in [0.25, 0.3) is 0 Å². The minimum atomic E-state index is 0.636. The zero-order valence-electron chi connectivity index (χ0n) is 15.7. The topological polar surface area (TPSA) is 35.2 Å². The van der Waals surface area contributed by atoms with Crippen molar-refractivity contribution in [1.82, 2.24) is 19.8 Å². The molecule has 0 amide bonds. The van der Waals surface area contributed by atoms with E-state index in [0.717, 1.165) is 31.9 Å². The molecule has 3 rings (SSSR count). The number of nitrogens with one attached hydrogen (secondary N) is 1. The summed E-state index contributed by atoms with van der Waals surface area (Å²) in [7, 11) is 2.26. The number of aromatic amines is 1. The van der Waals surface area contributed by atoms with Gasteiger partial charge in [0.1, 0.15) is 5.82 Å². The number of likely N-dealkylation sites (tertiary alicyclic amines) is 1. The van der Waals surface area contributed by atoms with Crippen LogP contribution in [-0.2, 0) is 19.5 Å². The lowest BCUT2D eigenvalue weighted by atomic mass is 10.0. The third-order valence-electron chi connectivity index (χ3n) is 5.22. The molecule has 1 aromatic heterocycles. The molecular weight excluding hydrogens is 308 g/mol. The fourth-order valence-corrected chi connectivity index (χ4v) is 3.73. The van der Waals surface area contributed by atoms with Gasteiger partial charge in [-0.15, -0.1) is 0 Å². The molecule has 4 heteroatoms. The number of nitrogens with zero attached hydrogens (tertiary/aromatic N) is 3. The Bertz CT molecular complexity index is 622. The molecule has 0 saturated carbocycles. The molecule has 0 spiro atoms. The maximum atomic E-state index is 4.54. The zero-order valence-corrected chi connectivity index (χ0v) is 15.7. The van der Waals surface area contributed by atoms with Crippen LogP contribution in [0.3, 0.4) is 0 Å². The van der Waals surface area contributed by atoms with Crippen molar-refractivity contribution >= 4 is 0 Å². The summed E-state index contributed by atoms with van der Waals surface area (Å²) in [5.41, 5.74) is 2.66. The summed E-state index contributed by atoms with van der Waals surface area (Å²) in [6, 6.07) is 11.4. The number of piperidine rings is 1. The Morgan fingerprint density at radius 2 is 2.12 bits per heavy atom. The van der Waals surface area contributed by atoms with Crippen molar-refractivity contribution < 1.29 is 0 Å². The number of aromatic nitrogens is 2. The number of likely N-dealkylation sites (N-methyl/N-ethyl adjacent to an activating group) is 1. The van der Waals surface area contributed by atoms with Crippen molar-refractivity contribution in [3.8, 4) is 0 Å². The standard InChI is InChI=1S/C21H32N4/c1-3-4-12-21-22-14-19(23-21)16-25-13-8-11-20(17-25)24(2)15-18-9-6-5-7-10-18/h5-7,9-10,14,20H,3-4,8,11-13,15-17H2,1-2H3,(H,22,23)/t20-/m0/s1. The fraction of sp³-hybridized carbons (Fsp3) is 0.571. The molecule has 1 saturated heterocycles. The van der Waals surface area contributed by atoms with Gasteiger partial charge in [-0.25, -0.2) is 4.98 Å². The Kier molecular flexibility index (Phi) is 6.65. The molecule has 0 radical (unpaired) electrons. The predicted octanol–water partition coefficient (Wildman–Crippen LogP) is 3.85. The lowest BCUT2D eigenvalue weighted by molar-refractivity contribution is 0.106. The lowest BCUT2D eigenvalue weighted by Gasteiger charge is -2.37. The molecule has 0 unspecified atom stereocenters. The van der Waals surface area contributed by atoms with E-state index in [-0.39, 0.29) is 0 Å². The SMILES string of the molecule is CCCCc1ncc(CN2CCC[C@H](N(C)Cc3ccccc3)C2)[nH]1. The number of H-pyrrole nitrogens is 1. The molecule has 1 aliphatic heterocycles. The second kappa shape index (κ2) is 9.16. The molecule has 136 valence electrons. The molecule has 1 aliphatic rings. The Hall–Kier alpha value is -1.65. The number of benzene rings is 1. The predicted molar refractivity (Wildman–Crippen MR) is 103 cm³/mol. The molecule has 1 fully saturated rings. The van der Waals surface area contributed by atoms with E-state index in [1.165, 1.54) is 43.5 Å². The van der Waals surface area contributed by atoms with E-state index in [9.17, 15) is 0 Å². The molecule has 2 heterocycles. The smallest absolute Gasteiger partial charge is 0.106 e. The van der Waals surface area contributed by atoms with Crippen LogP contribution in [0.25, 0.3) is 0 Å². The average molecular weight is 341 g/mol. The van der Waals surface area contributed by atoms with Crippen LogP contribution < -0.4 is 0 Å². The third kappa shape index (κ3) is 5.41. The number of rotatable bonds is 8. The van der Waals surface area contributed by atoms with E-state index in [4.69, 9.17) is 0 Å². The molecule has 0 aliphatic carbocycles. The third-order valence-corrected chi connectivity index (χ3v) is 5.22. The molecule has 1 atom stereocenters. The largest absolute Gasteiger partial charge is 0.345 e. The normalized spacial score (nSPS) is 18.8. The van der Waals surface area contributed by atoms with E-state index in [0.29, 0.717) is 6.04 Å². The molecule has 25 heavy (non-hydrogen) atoms. The molecule has 0 bridgehead atoms. The maximum absolute atomic E-state index is 4.54. The summed E-state index contributed by atoms with van der Waals surface area (Å²) in [4.78, 5) is 13.1.